The largest absolute Gasteiger partial charge is 0.396 e. The molecule has 2 aromatic rings. The van der Waals surface area contributed by atoms with Crippen LogP contribution < -0.4 is 11.1 Å². The van der Waals surface area contributed by atoms with Crippen LogP contribution in [0, 0.1) is 5.92 Å². The number of aromatic nitrogens is 4. The van der Waals surface area contributed by atoms with Gasteiger partial charge in [0.15, 0.2) is 5.82 Å². The van der Waals surface area contributed by atoms with Crippen LogP contribution >= 0.6 is 0 Å². The number of amides is 1. The Morgan fingerprint density at radius 2 is 2.17 bits per heavy atom. The number of carbonyl (C=O) groups excluding carboxylic acids is 1. The van der Waals surface area contributed by atoms with E-state index in [1.807, 2.05) is 12.1 Å². The maximum atomic E-state index is 11.9. The molecule has 0 fully saturated rings. The minimum atomic E-state index is -0.641. The van der Waals surface area contributed by atoms with Crippen molar-refractivity contribution in [2.75, 3.05) is 11.9 Å². The number of fused-ring (bicyclic) bond motifs is 1. The minimum Gasteiger partial charge on any atom is -0.396 e. The normalized spacial score (nSPS) is 20.0. The van der Waals surface area contributed by atoms with E-state index in [4.69, 9.17) is 10.8 Å². The number of primary amides is 1. The average Bonchev–Trinajstić information content (AvgIpc) is 2.94. The zero-order valence-electron chi connectivity index (χ0n) is 12.5. The molecule has 0 aromatic carbocycles. The summed E-state index contributed by atoms with van der Waals surface area (Å²) in [5.74, 6) is -0.0135. The van der Waals surface area contributed by atoms with Crippen molar-refractivity contribution in [2.24, 2.45) is 11.7 Å². The molecule has 8 heteroatoms. The summed E-state index contributed by atoms with van der Waals surface area (Å²) in [6.07, 6.45) is 4.43. The van der Waals surface area contributed by atoms with Crippen molar-refractivity contribution < 1.29 is 9.90 Å². The van der Waals surface area contributed by atoms with Gasteiger partial charge in [0, 0.05) is 31.1 Å². The van der Waals surface area contributed by atoms with E-state index in [9.17, 15) is 4.79 Å². The molecule has 3 heterocycles. The summed E-state index contributed by atoms with van der Waals surface area (Å²) in [6.45, 7) is 3.99. The summed E-state index contributed by atoms with van der Waals surface area (Å²) in [5.41, 5.74) is 6.93. The van der Waals surface area contributed by atoms with Crippen molar-refractivity contribution in [3.63, 3.8) is 0 Å². The van der Waals surface area contributed by atoms with E-state index in [1.54, 1.807) is 17.1 Å². The molecule has 0 spiro atoms. The molecule has 120 valence electrons. The maximum absolute atomic E-state index is 11.9. The monoisotopic (exact) mass is 314 g/mol. The average molecular weight is 314 g/mol. The third-order valence-electron chi connectivity index (χ3n) is 3.81. The van der Waals surface area contributed by atoms with Crippen LogP contribution in [-0.4, -0.2) is 37.4 Å². The van der Waals surface area contributed by atoms with Gasteiger partial charge in [-0.3, -0.25) is 9.78 Å². The van der Waals surface area contributed by atoms with Gasteiger partial charge in [0.25, 0.3) is 0 Å². The number of hydrogen-bond donors (Lipinski definition) is 3. The van der Waals surface area contributed by atoms with Crippen LogP contribution in [0.15, 0.2) is 36.8 Å². The summed E-state index contributed by atoms with van der Waals surface area (Å²) >= 11 is 0. The first-order valence-corrected chi connectivity index (χ1v) is 7.33. The Bertz CT molecular complexity index is 727. The lowest BCUT2D eigenvalue weighted by atomic mass is 9.89. The summed E-state index contributed by atoms with van der Waals surface area (Å²) in [7, 11) is 0. The number of nitrogens with one attached hydrogen (secondary N) is 1. The quantitative estimate of drug-likeness (QED) is 0.727. The van der Waals surface area contributed by atoms with E-state index in [0.717, 1.165) is 5.56 Å². The van der Waals surface area contributed by atoms with Crippen molar-refractivity contribution in [2.45, 2.75) is 18.9 Å². The molecular weight excluding hydrogens is 296 g/mol. The minimum absolute atomic E-state index is 0.0711. The molecule has 23 heavy (non-hydrogen) atoms. The molecule has 0 saturated heterocycles. The number of rotatable bonds is 5. The molecule has 1 aliphatic rings. The molecule has 1 amide bonds. The smallest absolute Gasteiger partial charge is 0.229 e. The number of aryl methyl sites for hydroxylation is 1. The van der Waals surface area contributed by atoms with Gasteiger partial charge in [0.1, 0.15) is 5.92 Å². The second-order valence-corrected chi connectivity index (χ2v) is 5.38. The zero-order valence-corrected chi connectivity index (χ0v) is 12.5. The number of anilines is 1. The van der Waals surface area contributed by atoms with E-state index in [1.165, 1.54) is 0 Å². The Morgan fingerprint density at radius 3 is 2.83 bits per heavy atom. The predicted octanol–water partition coefficient (Wildman–Crippen LogP) is 0.228. The van der Waals surface area contributed by atoms with Gasteiger partial charge in [-0.15, -0.1) is 0 Å². The molecule has 3 rings (SSSR count). The third kappa shape index (κ3) is 2.80. The first-order chi connectivity index (χ1) is 11.1. The molecule has 0 unspecified atom stereocenters. The molecule has 0 bridgehead atoms. The van der Waals surface area contributed by atoms with Crippen LogP contribution in [0.4, 0.5) is 5.95 Å². The Hall–Kier alpha value is -2.74. The summed E-state index contributed by atoms with van der Waals surface area (Å²) < 4.78 is 1.66. The van der Waals surface area contributed by atoms with Crippen molar-refractivity contribution in [1.82, 2.24) is 19.7 Å². The van der Waals surface area contributed by atoms with Gasteiger partial charge >= 0.3 is 0 Å². The van der Waals surface area contributed by atoms with Crippen LogP contribution in [0.5, 0.6) is 0 Å². The number of pyridine rings is 1. The van der Waals surface area contributed by atoms with Crippen molar-refractivity contribution in [3.8, 4) is 0 Å². The highest BCUT2D eigenvalue weighted by atomic mass is 16.3. The van der Waals surface area contributed by atoms with Gasteiger partial charge in [-0.25, -0.2) is 4.68 Å². The van der Waals surface area contributed by atoms with Gasteiger partial charge in [0.05, 0.1) is 6.04 Å². The fourth-order valence-electron chi connectivity index (χ4n) is 2.76. The first kappa shape index (κ1) is 15.2. The van der Waals surface area contributed by atoms with Gasteiger partial charge < -0.3 is 16.2 Å². The highest BCUT2D eigenvalue weighted by Gasteiger charge is 2.38. The predicted molar refractivity (Wildman–Crippen MR) is 83.3 cm³/mol. The lowest BCUT2D eigenvalue weighted by Gasteiger charge is -2.32. The Morgan fingerprint density at radius 1 is 1.43 bits per heavy atom. The summed E-state index contributed by atoms with van der Waals surface area (Å²) in [6, 6.07) is 3.21. The standard InChI is InChI=1S/C15H18N6O2/c1-9-12(14(16)23)13(10-4-6-17-7-5-10)21-15(18-9)19-11(20-21)3-2-8-22/h4-7,12-13,22H,1-3,8H2,(H2,16,23)(H,18,19,20)/t12-,13+/m1/s1. The maximum Gasteiger partial charge on any atom is 0.229 e. The highest BCUT2D eigenvalue weighted by molar-refractivity contribution is 5.82. The molecule has 2 aromatic heterocycles. The SMILES string of the molecule is C=C1Nc2nc(CCCO)nn2[C@@H](c2ccncc2)[C@@H]1C(N)=O. The van der Waals surface area contributed by atoms with E-state index in [0.29, 0.717) is 30.3 Å². The molecular formula is C15H18N6O2. The summed E-state index contributed by atoms with van der Waals surface area (Å²) in [4.78, 5) is 20.4. The second kappa shape index (κ2) is 6.17. The molecule has 8 nitrogen and oxygen atoms in total. The number of nitrogens with zero attached hydrogens (tertiary/aromatic N) is 4. The zero-order chi connectivity index (χ0) is 16.4. The Balaban J connectivity index is 2.07. The van der Waals surface area contributed by atoms with Gasteiger partial charge in [-0.2, -0.15) is 10.1 Å². The van der Waals surface area contributed by atoms with Crippen LogP contribution in [0.1, 0.15) is 23.9 Å². The topological polar surface area (TPSA) is 119 Å². The fourth-order valence-corrected chi connectivity index (χ4v) is 2.76. The molecule has 2 atom stereocenters. The fraction of sp³-hybridized carbons (Fsp3) is 0.333. The second-order valence-electron chi connectivity index (χ2n) is 5.38. The molecule has 0 radical (unpaired) electrons. The van der Waals surface area contributed by atoms with Crippen molar-refractivity contribution in [3.05, 3.63) is 48.2 Å². The van der Waals surface area contributed by atoms with Crippen LogP contribution in [0.2, 0.25) is 0 Å². The number of hydrogen-bond acceptors (Lipinski definition) is 6. The van der Waals surface area contributed by atoms with Crippen molar-refractivity contribution in [1.29, 1.82) is 0 Å². The van der Waals surface area contributed by atoms with E-state index < -0.39 is 17.9 Å². The number of aliphatic hydroxyl groups excluding tert-OH is 1. The van der Waals surface area contributed by atoms with Gasteiger partial charge in [-0.1, -0.05) is 6.58 Å². The third-order valence-corrected chi connectivity index (χ3v) is 3.81. The summed E-state index contributed by atoms with van der Waals surface area (Å²) in [5, 5.41) is 16.4. The van der Waals surface area contributed by atoms with Crippen molar-refractivity contribution >= 4 is 11.9 Å². The number of nitrogens with two attached hydrogens (primary N) is 1. The Labute approximate surface area is 133 Å². The first-order valence-electron chi connectivity index (χ1n) is 7.33. The van der Waals surface area contributed by atoms with Gasteiger partial charge in [0.2, 0.25) is 11.9 Å². The molecule has 0 aliphatic carbocycles. The number of aliphatic hydroxyl groups is 1. The lowest BCUT2D eigenvalue weighted by molar-refractivity contribution is -0.121. The van der Waals surface area contributed by atoms with E-state index in [2.05, 4.69) is 27.0 Å². The molecule has 0 saturated carbocycles. The van der Waals surface area contributed by atoms with Crippen LogP contribution in [0.3, 0.4) is 0 Å². The van der Waals surface area contributed by atoms with Crippen LogP contribution in [-0.2, 0) is 11.2 Å². The lowest BCUT2D eigenvalue weighted by Crippen LogP contribution is -2.40. The van der Waals surface area contributed by atoms with Gasteiger partial charge in [-0.05, 0) is 24.1 Å². The molecule has 4 N–H and O–H groups in total. The highest BCUT2D eigenvalue weighted by Crippen LogP contribution is 2.37. The van der Waals surface area contributed by atoms with E-state index in [-0.39, 0.29) is 6.61 Å². The van der Waals surface area contributed by atoms with E-state index >= 15 is 0 Å². The van der Waals surface area contributed by atoms with Crippen LogP contribution in [0.25, 0.3) is 0 Å². The Kier molecular flexibility index (Phi) is 4.07. The number of carbonyl (C=O) groups is 1. The molecule has 1 aliphatic heterocycles.